The summed E-state index contributed by atoms with van der Waals surface area (Å²) in [6.07, 6.45) is 0. The van der Waals surface area contributed by atoms with Crippen LogP contribution in [0.4, 0.5) is 17.5 Å². The van der Waals surface area contributed by atoms with Gasteiger partial charge >= 0.3 is 0 Å². The van der Waals surface area contributed by atoms with Gasteiger partial charge in [0.2, 0.25) is 5.95 Å². The molecule has 2 rings (SSSR count). The lowest BCUT2D eigenvalue weighted by molar-refractivity contribution is 1.18. The number of nitrogen functional groups attached to an aromatic ring is 1. The summed E-state index contributed by atoms with van der Waals surface area (Å²) < 4.78 is 0. The van der Waals surface area contributed by atoms with Gasteiger partial charge in [-0.25, -0.2) is 4.98 Å². The van der Waals surface area contributed by atoms with Gasteiger partial charge in [-0.05, 0) is 24.6 Å². The van der Waals surface area contributed by atoms with Crippen molar-refractivity contribution < 1.29 is 0 Å². The zero-order valence-electron chi connectivity index (χ0n) is 9.61. The summed E-state index contributed by atoms with van der Waals surface area (Å²) in [7, 11) is 0. The molecular formula is C12H10ClN5. The normalized spacial score (nSPS) is 9.83. The topological polar surface area (TPSA) is 87.6 Å². The van der Waals surface area contributed by atoms with Gasteiger partial charge in [-0.15, -0.1) is 0 Å². The Balaban J connectivity index is 2.36. The minimum Gasteiger partial charge on any atom is -0.368 e. The number of nitrogens with two attached hydrogens (primary N) is 1. The van der Waals surface area contributed by atoms with E-state index in [9.17, 15) is 0 Å². The number of nitriles is 1. The number of rotatable bonds is 2. The highest BCUT2D eigenvalue weighted by Crippen LogP contribution is 2.22. The first-order valence-corrected chi connectivity index (χ1v) is 5.54. The molecule has 0 saturated heterocycles. The Morgan fingerprint density at radius 2 is 2.11 bits per heavy atom. The molecule has 6 heteroatoms. The first-order valence-electron chi connectivity index (χ1n) is 5.16. The quantitative estimate of drug-likeness (QED) is 0.810. The number of hydrogen-bond donors (Lipinski definition) is 2. The Morgan fingerprint density at radius 1 is 1.33 bits per heavy atom. The molecule has 1 heterocycles. The summed E-state index contributed by atoms with van der Waals surface area (Å²) >= 11 is 5.79. The maximum Gasteiger partial charge on any atom is 0.223 e. The summed E-state index contributed by atoms with van der Waals surface area (Å²) in [5, 5.41) is 12.2. The van der Waals surface area contributed by atoms with Gasteiger partial charge < -0.3 is 11.1 Å². The molecule has 0 aliphatic carbocycles. The van der Waals surface area contributed by atoms with Gasteiger partial charge in [-0.2, -0.15) is 10.2 Å². The van der Waals surface area contributed by atoms with Crippen LogP contribution in [0.5, 0.6) is 0 Å². The van der Waals surface area contributed by atoms with Crippen molar-refractivity contribution >= 4 is 29.1 Å². The molecule has 0 aliphatic rings. The van der Waals surface area contributed by atoms with E-state index in [-0.39, 0.29) is 11.1 Å². The van der Waals surface area contributed by atoms with Crippen LogP contribution in [-0.2, 0) is 0 Å². The molecule has 90 valence electrons. The lowest BCUT2D eigenvalue weighted by atomic mass is 10.1. The zero-order valence-corrected chi connectivity index (χ0v) is 10.4. The van der Waals surface area contributed by atoms with Gasteiger partial charge in [0.05, 0.1) is 11.6 Å². The molecule has 3 N–H and O–H groups in total. The summed E-state index contributed by atoms with van der Waals surface area (Å²) in [6, 6.07) is 8.99. The molecule has 5 nitrogen and oxygen atoms in total. The van der Waals surface area contributed by atoms with Crippen LogP contribution in [0.25, 0.3) is 0 Å². The molecule has 2 aromatic rings. The fraction of sp³-hybridized carbons (Fsp3) is 0.0833. The number of nitrogens with one attached hydrogen (secondary N) is 1. The minimum absolute atomic E-state index is 0.0964. The Hall–Kier alpha value is -2.32. The van der Waals surface area contributed by atoms with Crippen LogP contribution in [-0.4, -0.2) is 9.97 Å². The van der Waals surface area contributed by atoms with Crippen molar-refractivity contribution in [2.24, 2.45) is 0 Å². The Labute approximate surface area is 109 Å². The van der Waals surface area contributed by atoms with Gasteiger partial charge in [0.15, 0.2) is 0 Å². The van der Waals surface area contributed by atoms with E-state index in [2.05, 4.69) is 21.4 Å². The summed E-state index contributed by atoms with van der Waals surface area (Å²) in [5.41, 5.74) is 7.84. The molecule has 0 bridgehead atoms. The highest BCUT2D eigenvalue weighted by Gasteiger charge is 2.04. The van der Waals surface area contributed by atoms with Gasteiger partial charge in [0.1, 0.15) is 11.0 Å². The highest BCUT2D eigenvalue weighted by atomic mass is 35.5. The average molecular weight is 260 g/mol. The molecular weight excluding hydrogens is 250 g/mol. The zero-order chi connectivity index (χ0) is 13.1. The third-order valence-electron chi connectivity index (χ3n) is 2.34. The highest BCUT2D eigenvalue weighted by molar-refractivity contribution is 6.29. The van der Waals surface area contributed by atoms with Crippen molar-refractivity contribution in [1.29, 1.82) is 5.26 Å². The van der Waals surface area contributed by atoms with Gasteiger partial charge in [-0.3, -0.25) is 0 Å². The van der Waals surface area contributed by atoms with Crippen molar-refractivity contribution in [3.63, 3.8) is 0 Å². The van der Waals surface area contributed by atoms with Crippen LogP contribution in [0, 0.1) is 18.3 Å². The largest absolute Gasteiger partial charge is 0.368 e. The van der Waals surface area contributed by atoms with Crippen LogP contribution < -0.4 is 11.1 Å². The van der Waals surface area contributed by atoms with E-state index < -0.39 is 0 Å². The van der Waals surface area contributed by atoms with Gasteiger partial charge in [-0.1, -0.05) is 17.7 Å². The maximum absolute atomic E-state index is 8.86. The molecule has 0 atom stereocenters. The molecule has 0 unspecified atom stereocenters. The second kappa shape index (κ2) is 4.90. The first-order chi connectivity index (χ1) is 8.58. The second-order valence-corrected chi connectivity index (χ2v) is 4.09. The van der Waals surface area contributed by atoms with Crippen molar-refractivity contribution in [2.45, 2.75) is 6.92 Å². The van der Waals surface area contributed by atoms with Crippen LogP contribution in [0.1, 0.15) is 11.1 Å². The molecule has 18 heavy (non-hydrogen) atoms. The summed E-state index contributed by atoms with van der Waals surface area (Å²) in [4.78, 5) is 7.79. The molecule has 1 aromatic heterocycles. The van der Waals surface area contributed by atoms with Crippen LogP contribution >= 0.6 is 11.6 Å². The van der Waals surface area contributed by atoms with E-state index in [0.29, 0.717) is 11.4 Å². The predicted octanol–water partition coefficient (Wildman–Crippen LogP) is 2.64. The number of aromatic nitrogens is 2. The number of nitrogens with zero attached hydrogens (tertiary/aromatic N) is 3. The fourth-order valence-electron chi connectivity index (χ4n) is 1.46. The summed E-state index contributed by atoms with van der Waals surface area (Å²) in [5.74, 6) is 0.588. The summed E-state index contributed by atoms with van der Waals surface area (Å²) in [6.45, 7) is 1.93. The Bertz CT molecular complexity index is 613. The fourth-order valence-corrected chi connectivity index (χ4v) is 1.65. The molecule has 0 amide bonds. The van der Waals surface area contributed by atoms with E-state index in [0.717, 1.165) is 11.3 Å². The number of anilines is 3. The number of hydrogen-bond acceptors (Lipinski definition) is 5. The number of halogens is 1. The Kier molecular flexibility index (Phi) is 3.31. The maximum atomic E-state index is 8.86. The standard InChI is InChI=1S/C12H10ClN5/c1-7-2-3-8(6-14)4-9(7)16-11-5-10(13)17-12(15)18-11/h2-5H,1H3,(H3,15,16,17,18). The smallest absolute Gasteiger partial charge is 0.223 e. The number of aryl methyl sites for hydroxylation is 1. The van der Waals surface area contributed by atoms with Gasteiger partial charge in [0, 0.05) is 11.8 Å². The average Bonchev–Trinajstić information content (AvgIpc) is 2.30. The van der Waals surface area contributed by atoms with E-state index in [1.54, 1.807) is 18.2 Å². The van der Waals surface area contributed by atoms with Crippen molar-refractivity contribution in [3.8, 4) is 6.07 Å². The third-order valence-corrected chi connectivity index (χ3v) is 2.54. The van der Waals surface area contributed by atoms with E-state index in [4.69, 9.17) is 22.6 Å². The van der Waals surface area contributed by atoms with E-state index in [1.165, 1.54) is 0 Å². The monoisotopic (exact) mass is 259 g/mol. The van der Waals surface area contributed by atoms with E-state index >= 15 is 0 Å². The van der Waals surface area contributed by atoms with E-state index in [1.807, 2.05) is 13.0 Å². The predicted molar refractivity (Wildman–Crippen MR) is 70.6 cm³/mol. The molecule has 0 aliphatic heterocycles. The SMILES string of the molecule is Cc1ccc(C#N)cc1Nc1cc(Cl)nc(N)n1. The number of benzene rings is 1. The van der Waals surface area contributed by atoms with Crippen molar-refractivity contribution in [1.82, 2.24) is 9.97 Å². The minimum atomic E-state index is 0.0964. The lowest BCUT2D eigenvalue weighted by Gasteiger charge is -2.09. The molecule has 0 spiro atoms. The van der Waals surface area contributed by atoms with Crippen molar-refractivity contribution in [2.75, 3.05) is 11.1 Å². The molecule has 0 radical (unpaired) electrons. The van der Waals surface area contributed by atoms with Crippen LogP contribution in [0.2, 0.25) is 5.15 Å². The third kappa shape index (κ3) is 2.67. The van der Waals surface area contributed by atoms with Crippen LogP contribution in [0.15, 0.2) is 24.3 Å². The van der Waals surface area contributed by atoms with Crippen LogP contribution in [0.3, 0.4) is 0 Å². The molecule has 0 saturated carbocycles. The van der Waals surface area contributed by atoms with Crippen molar-refractivity contribution in [3.05, 3.63) is 40.5 Å². The molecule has 0 fully saturated rings. The molecule has 1 aromatic carbocycles. The first kappa shape index (κ1) is 12.1. The second-order valence-electron chi connectivity index (χ2n) is 3.70. The van der Waals surface area contributed by atoms with Gasteiger partial charge in [0.25, 0.3) is 0 Å². The Morgan fingerprint density at radius 3 is 2.78 bits per heavy atom. The lowest BCUT2D eigenvalue weighted by Crippen LogP contribution is -2.01.